The van der Waals surface area contributed by atoms with Crippen LogP contribution in [0.5, 0.6) is 5.75 Å². The molecule has 3 aromatic carbocycles. The largest absolute Gasteiger partial charge is 0.490 e. The van der Waals surface area contributed by atoms with Crippen molar-refractivity contribution in [2.24, 2.45) is 0 Å². The molecule has 1 N–H and O–H groups in total. The third-order valence-corrected chi connectivity index (χ3v) is 6.06. The minimum absolute atomic E-state index is 0.0610. The zero-order valence-corrected chi connectivity index (χ0v) is 20.5. The molecule has 0 aliphatic carbocycles. The first-order valence-electron chi connectivity index (χ1n) is 12.0. The van der Waals surface area contributed by atoms with Gasteiger partial charge >= 0.3 is 0 Å². The second-order valence-corrected chi connectivity index (χ2v) is 8.70. The van der Waals surface area contributed by atoms with Crippen LogP contribution in [0, 0.1) is 0 Å². The van der Waals surface area contributed by atoms with E-state index in [2.05, 4.69) is 16.0 Å². The van der Waals surface area contributed by atoms with E-state index in [1.165, 1.54) is 0 Å². The number of carbonyl (C=O) groups is 1. The molecule has 1 heterocycles. The van der Waals surface area contributed by atoms with Crippen LogP contribution in [0.25, 0.3) is 17.1 Å². The average molecular weight is 488 g/mol. The molecule has 4 rings (SSSR count). The van der Waals surface area contributed by atoms with Crippen LogP contribution in [0.1, 0.15) is 30.7 Å². The summed E-state index contributed by atoms with van der Waals surface area (Å²) in [4.78, 5) is 16.9. The van der Waals surface area contributed by atoms with Gasteiger partial charge in [0.05, 0.1) is 22.6 Å². The number of amides is 1. The zero-order valence-electron chi connectivity index (χ0n) is 19.7. The number of nitrogens with zero attached hydrogens (tertiary/aromatic N) is 2. The van der Waals surface area contributed by atoms with Gasteiger partial charge in [-0.1, -0.05) is 72.6 Å². The molecule has 180 valence electrons. The van der Waals surface area contributed by atoms with Crippen LogP contribution in [0.4, 0.5) is 0 Å². The van der Waals surface area contributed by atoms with Crippen LogP contribution < -0.4 is 10.1 Å². The fourth-order valence-electron chi connectivity index (χ4n) is 3.97. The van der Waals surface area contributed by atoms with Gasteiger partial charge in [-0.05, 0) is 48.7 Å². The fourth-order valence-corrected chi connectivity index (χ4v) is 4.16. The zero-order chi connectivity index (χ0) is 24.3. The summed E-state index contributed by atoms with van der Waals surface area (Å²) in [7, 11) is 0. The molecule has 0 fully saturated rings. The second kappa shape index (κ2) is 12.8. The molecule has 1 amide bonds. The molecule has 35 heavy (non-hydrogen) atoms. The number of halogens is 1. The lowest BCUT2D eigenvalue weighted by molar-refractivity contribution is -0.116. The SMILES string of the molecule is O=C(/C=C/c1ccccc1)NCCCCCc1nc2ccccc2n1CCOc1ccccc1Cl. The number of rotatable bonds is 12. The third kappa shape index (κ3) is 7.20. The van der Waals surface area contributed by atoms with E-state index in [0.29, 0.717) is 30.5 Å². The Labute approximate surface area is 211 Å². The van der Waals surface area contributed by atoms with E-state index in [9.17, 15) is 4.79 Å². The van der Waals surface area contributed by atoms with Gasteiger partial charge in [0.15, 0.2) is 0 Å². The lowest BCUT2D eigenvalue weighted by atomic mass is 10.2. The van der Waals surface area contributed by atoms with Crippen molar-refractivity contribution in [1.29, 1.82) is 0 Å². The highest BCUT2D eigenvalue weighted by atomic mass is 35.5. The van der Waals surface area contributed by atoms with Crippen molar-refractivity contribution < 1.29 is 9.53 Å². The molecule has 0 bridgehead atoms. The minimum atomic E-state index is -0.0610. The summed E-state index contributed by atoms with van der Waals surface area (Å²) in [5.74, 6) is 1.69. The first-order chi connectivity index (χ1) is 17.2. The van der Waals surface area contributed by atoms with Gasteiger partial charge in [0.25, 0.3) is 0 Å². The van der Waals surface area contributed by atoms with Crippen LogP contribution in [0.3, 0.4) is 0 Å². The summed E-state index contributed by atoms with van der Waals surface area (Å²) in [6, 6.07) is 25.5. The summed E-state index contributed by atoms with van der Waals surface area (Å²) in [6.45, 7) is 1.88. The van der Waals surface area contributed by atoms with Crippen LogP contribution >= 0.6 is 11.6 Å². The summed E-state index contributed by atoms with van der Waals surface area (Å²) >= 11 is 6.21. The van der Waals surface area contributed by atoms with Crippen molar-refractivity contribution >= 4 is 34.6 Å². The Morgan fingerprint density at radius 2 is 1.71 bits per heavy atom. The number of aryl methyl sites for hydroxylation is 1. The lowest BCUT2D eigenvalue weighted by Gasteiger charge is -2.12. The van der Waals surface area contributed by atoms with E-state index in [4.69, 9.17) is 21.3 Å². The topological polar surface area (TPSA) is 56.2 Å². The summed E-state index contributed by atoms with van der Waals surface area (Å²) < 4.78 is 8.15. The number of para-hydroxylation sites is 3. The first-order valence-corrected chi connectivity index (χ1v) is 12.4. The van der Waals surface area contributed by atoms with E-state index in [1.54, 1.807) is 6.08 Å². The highest BCUT2D eigenvalue weighted by Crippen LogP contribution is 2.23. The standard InChI is InChI=1S/C29H30ClN3O2/c30-24-13-6-9-16-27(24)35-22-21-33-26-15-8-7-14-25(26)32-28(33)17-5-2-10-20-31-29(34)19-18-23-11-3-1-4-12-23/h1,3-4,6-9,11-16,18-19H,2,5,10,17,20-22H2,(H,31,34)/b19-18+. The lowest BCUT2D eigenvalue weighted by Crippen LogP contribution is -2.22. The van der Waals surface area contributed by atoms with Gasteiger partial charge in [-0.15, -0.1) is 0 Å². The van der Waals surface area contributed by atoms with E-state index in [0.717, 1.165) is 48.1 Å². The normalized spacial score (nSPS) is 11.2. The van der Waals surface area contributed by atoms with Crippen molar-refractivity contribution in [3.05, 3.63) is 101 Å². The number of ether oxygens (including phenoxy) is 1. The van der Waals surface area contributed by atoms with E-state index < -0.39 is 0 Å². The van der Waals surface area contributed by atoms with Crippen LogP contribution in [-0.2, 0) is 17.8 Å². The molecule has 5 nitrogen and oxygen atoms in total. The van der Waals surface area contributed by atoms with Crippen molar-refractivity contribution in [3.8, 4) is 5.75 Å². The first kappa shape index (κ1) is 24.6. The minimum Gasteiger partial charge on any atom is -0.490 e. The quantitative estimate of drug-likeness (QED) is 0.188. The van der Waals surface area contributed by atoms with Gasteiger partial charge < -0.3 is 14.6 Å². The second-order valence-electron chi connectivity index (χ2n) is 8.29. The highest BCUT2D eigenvalue weighted by Gasteiger charge is 2.11. The maximum absolute atomic E-state index is 12.0. The van der Waals surface area contributed by atoms with E-state index in [-0.39, 0.29) is 5.91 Å². The number of unbranched alkanes of at least 4 members (excludes halogenated alkanes) is 2. The molecule has 0 unspecified atom stereocenters. The molecule has 0 aliphatic heterocycles. The molecule has 0 saturated carbocycles. The number of hydrogen-bond donors (Lipinski definition) is 1. The Morgan fingerprint density at radius 3 is 2.57 bits per heavy atom. The Hall–Kier alpha value is -3.57. The third-order valence-electron chi connectivity index (χ3n) is 5.75. The summed E-state index contributed by atoms with van der Waals surface area (Å²) in [6.07, 6.45) is 7.24. The average Bonchev–Trinajstić information content (AvgIpc) is 3.24. The molecule has 1 aromatic heterocycles. The Bertz CT molecular complexity index is 1270. The van der Waals surface area contributed by atoms with Gasteiger partial charge in [0.1, 0.15) is 18.2 Å². The van der Waals surface area contributed by atoms with Crippen molar-refractivity contribution in [2.75, 3.05) is 13.2 Å². The predicted molar refractivity (Wildman–Crippen MR) is 143 cm³/mol. The van der Waals surface area contributed by atoms with E-state index >= 15 is 0 Å². The van der Waals surface area contributed by atoms with Gasteiger partial charge in [-0.3, -0.25) is 4.79 Å². The molecule has 0 aliphatic rings. The molecule has 0 saturated heterocycles. The van der Waals surface area contributed by atoms with Crippen LogP contribution in [0.2, 0.25) is 5.02 Å². The number of benzene rings is 3. The monoisotopic (exact) mass is 487 g/mol. The molecule has 0 radical (unpaired) electrons. The number of nitrogens with one attached hydrogen (secondary N) is 1. The molecule has 0 atom stereocenters. The summed E-state index contributed by atoms with van der Waals surface area (Å²) in [5, 5.41) is 3.58. The van der Waals surface area contributed by atoms with Crippen molar-refractivity contribution in [2.45, 2.75) is 32.2 Å². The molecular weight excluding hydrogens is 458 g/mol. The number of imidazole rings is 1. The predicted octanol–water partition coefficient (Wildman–Crippen LogP) is 6.31. The fraction of sp³-hybridized carbons (Fsp3) is 0.241. The molecule has 4 aromatic rings. The van der Waals surface area contributed by atoms with Gasteiger partial charge in [0, 0.05) is 19.0 Å². The highest BCUT2D eigenvalue weighted by molar-refractivity contribution is 6.32. The molecule has 6 heteroatoms. The van der Waals surface area contributed by atoms with Gasteiger partial charge in [0.2, 0.25) is 5.91 Å². The smallest absolute Gasteiger partial charge is 0.243 e. The van der Waals surface area contributed by atoms with Crippen molar-refractivity contribution in [3.63, 3.8) is 0 Å². The summed E-state index contributed by atoms with van der Waals surface area (Å²) in [5.41, 5.74) is 3.13. The Kier molecular flexibility index (Phi) is 8.96. The molecule has 0 spiro atoms. The number of aromatic nitrogens is 2. The van der Waals surface area contributed by atoms with E-state index in [1.807, 2.05) is 78.9 Å². The Morgan fingerprint density at radius 1 is 0.943 bits per heavy atom. The van der Waals surface area contributed by atoms with Gasteiger partial charge in [-0.2, -0.15) is 0 Å². The maximum atomic E-state index is 12.0. The van der Waals surface area contributed by atoms with Gasteiger partial charge in [-0.25, -0.2) is 4.98 Å². The van der Waals surface area contributed by atoms with Crippen molar-refractivity contribution in [1.82, 2.24) is 14.9 Å². The van der Waals surface area contributed by atoms with Crippen LogP contribution in [0.15, 0.2) is 84.9 Å². The van der Waals surface area contributed by atoms with Crippen LogP contribution in [-0.4, -0.2) is 28.6 Å². The Balaban J connectivity index is 1.24. The number of fused-ring (bicyclic) bond motifs is 1. The molecular formula is C29H30ClN3O2. The number of carbonyl (C=O) groups excluding carboxylic acids is 1. The maximum Gasteiger partial charge on any atom is 0.243 e. The number of hydrogen-bond acceptors (Lipinski definition) is 3.